The molecule has 3 nitrogen and oxygen atoms in total. The van der Waals surface area contributed by atoms with E-state index in [1.54, 1.807) is 0 Å². The first-order valence-corrected chi connectivity index (χ1v) is 12.6. The summed E-state index contributed by atoms with van der Waals surface area (Å²) >= 11 is 0. The van der Waals surface area contributed by atoms with Crippen molar-refractivity contribution >= 4 is 11.0 Å². The normalized spacial score (nSPS) is 11.2. The number of benzene rings is 3. The van der Waals surface area contributed by atoms with E-state index in [-0.39, 0.29) is 0 Å². The number of furan rings is 1. The Kier molecular flexibility index (Phi) is 5.69. The molecule has 0 N–H and O–H groups in total. The molecule has 0 spiro atoms. The van der Waals surface area contributed by atoms with Gasteiger partial charge in [0.25, 0.3) is 0 Å². The van der Waals surface area contributed by atoms with Gasteiger partial charge in [-0.05, 0) is 98.0 Å². The van der Waals surface area contributed by atoms with Gasteiger partial charge in [0.1, 0.15) is 11.3 Å². The Hall–Kier alpha value is -4.50. The van der Waals surface area contributed by atoms with E-state index >= 15 is 0 Å². The van der Waals surface area contributed by atoms with Crippen LogP contribution in [-0.2, 0) is 0 Å². The quantitative estimate of drug-likeness (QED) is 0.252. The third kappa shape index (κ3) is 4.34. The van der Waals surface area contributed by atoms with Gasteiger partial charge in [0.2, 0.25) is 0 Å². The molecule has 0 bridgehead atoms. The Labute approximate surface area is 217 Å². The average Bonchev–Trinajstić information content (AvgIpc) is 3.24. The first kappa shape index (κ1) is 22.9. The summed E-state index contributed by atoms with van der Waals surface area (Å²) in [5.41, 5.74) is 13.2. The first-order chi connectivity index (χ1) is 18.0. The van der Waals surface area contributed by atoms with Crippen LogP contribution >= 0.6 is 0 Å². The number of aromatic nitrogens is 2. The summed E-state index contributed by atoms with van der Waals surface area (Å²) in [5.74, 6) is 0.872. The predicted octanol–water partition coefficient (Wildman–Crippen LogP) is 9.12. The summed E-state index contributed by atoms with van der Waals surface area (Å²) in [7, 11) is 0. The molecule has 0 aliphatic rings. The Bertz CT molecular complexity index is 1760. The van der Waals surface area contributed by atoms with Crippen LogP contribution in [0, 0.1) is 27.7 Å². The summed E-state index contributed by atoms with van der Waals surface area (Å²) in [4.78, 5) is 9.11. The predicted molar refractivity (Wildman–Crippen MR) is 152 cm³/mol. The van der Waals surface area contributed by atoms with E-state index in [1.165, 1.54) is 27.8 Å². The highest BCUT2D eigenvalue weighted by molar-refractivity contribution is 5.94. The number of hydrogen-bond acceptors (Lipinski definition) is 3. The third-order valence-corrected chi connectivity index (χ3v) is 6.98. The van der Waals surface area contributed by atoms with Crippen molar-refractivity contribution in [2.45, 2.75) is 27.7 Å². The Balaban J connectivity index is 1.54. The third-order valence-electron chi connectivity index (χ3n) is 6.98. The Morgan fingerprint density at radius 1 is 0.595 bits per heavy atom. The van der Waals surface area contributed by atoms with E-state index in [9.17, 15) is 0 Å². The van der Waals surface area contributed by atoms with Crippen molar-refractivity contribution in [2.24, 2.45) is 0 Å². The van der Waals surface area contributed by atoms with Crippen molar-refractivity contribution in [3.05, 3.63) is 120 Å². The molecule has 0 fully saturated rings. The molecule has 6 rings (SSSR count). The van der Waals surface area contributed by atoms with Gasteiger partial charge in [0.15, 0.2) is 0 Å². The van der Waals surface area contributed by atoms with Crippen molar-refractivity contribution in [2.75, 3.05) is 0 Å². The van der Waals surface area contributed by atoms with E-state index in [1.807, 2.05) is 31.5 Å². The second kappa shape index (κ2) is 9.18. The van der Waals surface area contributed by atoms with Crippen LogP contribution in [0.25, 0.3) is 55.8 Å². The van der Waals surface area contributed by atoms with Crippen LogP contribution in [0.2, 0.25) is 0 Å². The van der Waals surface area contributed by atoms with Crippen molar-refractivity contribution in [3.63, 3.8) is 0 Å². The van der Waals surface area contributed by atoms with Gasteiger partial charge in [0.05, 0.1) is 5.69 Å². The number of fused-ring (bicyclic) bond motifs is 1. The van der Waals surface area contributed by atoms with Gasteiger partial charge in [-0.3, -0.25) is 9.97 Å². The van der Waals surface area contributed by atoms with E-state index < -0.39 is 0 Å². The summed E-state index contributed by atoms with van der Waals surface area (Å²) in [6.07, 6.45) is 3.76. The number of pyridine rings is 2. The second-order valence-electron chi connectivity index (χ2n) is 9.80. The number of hydrogen-bond donors (Lipinski definition) is 0. The van der Waals surface area contributed by atoms with Crippen LogP contribution in [0.4, 0.5) is 0 Å². The highest BCUT2D eigenvalue weighted by atomic mass is 16.3. The molecule has 0 aliphatic carbocycles. The second-order valence-corrected chi connectivity index (χ2v) is 9.80. The van der Waals surface area contributed by atoms with Gasteiger partial charge < -0.3 is 4.42 Å². The Morgan fingerprint density at radius 3 is 2.16 bits per heavy atom. The van der Waals surface area contributed by atoms with Gasteiger partial charge in [-0.2, -0.15) is 0 Å². The van der Waals surface area contributed by atoms with Crippen LogP contribution in [0.3, 0.4) is 0 Å². The molecule has 3 aromatic heterocycles. The largest absolute Gasteiger partial charge is 0.456 e. The topological polar surface area (TPSA) is 38.9 Å². The molecule has 6 aromatic rings. The zero-order chi connectivity index (χ0) is 25.5. The lowest BCUT2D eigenvalue weighted by molar-refractivity contribution is 0.628. The molecular weight excluding hydrogens is 452 g/mol. The molecule has 3 heterocycles. The van der Waals surface area contributed by atoms with Gasteiger partial charge in [-0.15, -0.1) is 0 Å². The fourth-order valence-corrected chi connectivity index (χ4v) is 4.97. The molecule has 3 heteroatoms. The zero-order valence-corrected chi connectivity index (χ0v) is 21.5. The van der Waals surface area contributed by atoms with Crippen LogP contribution in [0.5, 0.6) is 0 Å². The maximum atomic E-state index is 6.30. The average molecular weight is 481 g/mol. The molecular formula is C34H28N2O. The zero-order valence-electron chi connectivity index (χ0n) is 21.5. The van der Waals surface area contributed by atoms with Crippen LogP contribution in [0.15, 0.2) is 102 Å². The van der Waals surface area contributed by atoms with E-state index in [0.29, 0.717) is 0 Å². The van der Waals surface area contributed by atoms with Gasteiger partial charge >= 0.3 is 0 Å². The number of rotatable bonds is 4. The molecule has 0 atom stereocenters. The minimum atomic E-state index is 0.872. The molecule has 0 saturated heterocycles. The van der Waals surface area contributed by atoms with Crippen molar-refractivity contribution < 1.29 is 4.42 Å². The molecule has 3 aromatic carbocycles. The summed E-state index contributed by atoms with van der Waals surface area (Å²) in [6, 6.07) is 30.1. The molecule has 0 saturated carbocycles. The summed E-state index contributed by atoms with van der Waals surface area (Å²) in [6.45, 7) is 8.35. The van der Waals surface area contributed by atoms with Crippen molar-refractivity contribution in [1.82, 2.24) is 9.97 Å². The minimum Gasteiger partial charge on any atom is -0.456 e. The monoisotopic (exact) mass is 480 g/mol. The van der Waals surface area contributed by atoms with Crippen LogP contribution in [-0.4, -0.2) is 9.97 Å². The van der Waals surface area contributed by atoms with E-state index in [2.05, 4.69) is 104 Å². The summed E-state index contributed by atoms with van der Waals surface area (Å²) < 4.78 is 6.30. The minimum absolute atomic E-state index is 0.872. The standard InChI is InChI=1S/C34H28N2O/c1-21-6-5-7-25(16-21)29-12-10-27(32-17-22(2)14-15-35-32)19-31(29)26-11-13-33-30(18-26)24(4)34(37-33)28-9-8-23(3)36-20-28/h5-20H,1-4H3. The molecule has 37 heavy (non-hydrogen) atoms. The highest BCUT2D eigenvalue weighted by Gasteiger charge is 2.16. The maximum Gasteiger partial charge on any atom is 0.139 e. The lowest BCUT2D eigenvalue weighted by Gasteiger charge is -2.14. The van der Waals surface area contributed by atoms with Crippen LogP contribution < -0.4 is 0 Å². The number of aryl methyl sites for hydroxylation is 4. The van der Waals surface area contributed by atoms with Gasteiger partial charge in [0, 0.05) is 40.2 Å². The van der Waals surface area contributed by atoms with Gasteiger partial charge in [-0.25, -0.2) is 0 Å². The highest BCUT2D eigenvalue weighted by Crippen LogP contribution is 2.39. The van der Waals surface area contributed by atoms with Crippen molar-refractivity contribution in [3.8, 4) is 44.8 Å². The molecule has 0 radical (unpaired) electrons. The fraction of sp³-hybridized carbons (Fsp3) is 0.118. The van der Waals surface area contributed by atoms with Crippen LogP contribution in [0.1, 0.15) is 22.4 Å². The molecule has 0 amide bonds. The lowest BCUT2D eigenvalue weighted by Crippen LogP contribution is -1.90. The smallest absolute Gasteiger partial charge is 0.139 e. The lowest BCUT2D eigenvalue weighted by atomic mass is 9.90. The number of nitrogens with zero attached hydrogens (tertiary/aromatic N) is 2. The fourth-order valence-electron chi connectivity index (χ4n) is 4.97. The van der Waals surface area contributed by atoms with Gasteiger partial charge in [-0.1, -0.05) is 48.0 Å². The summed E-state index contributed by atoms with van der Waals surface area (Å²) in [5, 5.41) is 1.11. The maximum absolute atomic E-state index is 6.30. The molecule has 180 valence electrons. The Morgan fingerprint density at radius 2 is 1.38 bits per heavy atom. The van der Waals surface area contributed by atoms with Crippen molar-refractivity contribution in [1.29, 1.82) is 0 Å². The molecule has 0 unspecified atom stereocenters. The van der Waals surface area contributed by atoms with E-state index in [0.717, 1.165) is 50.4 Å². The first-order valence-electron chi connectivity index (χ1n) is 12.6. The van der Waals surface area contributed by atoms with E-state index in [4.69, 9.17) is 4.42 Å². The SMILES string of the molecule is Cc1cccc(-c2ccc(-c3cc(C)ccn3)cc2-c2ccc3oc(-c4ccc(C)nc4)c(C)c3c2)c1. The molecule has 0 aliphatic heterocycles.